The van der Waals surface area contributed by atoms with Gasteiger partial charge in [0.2, 0.25) is 5.91 Å². The second kappa shape index (κ2) is 9.49. The fourth-order valence-electron chi connectivity index (χ4n) is 2.38. The first kappa shape index (κ1) is 23.0. The highest BCUT2D eigenvalue weighted by molar-refractivity contribution is 6.31. The zero-order chi connectivity index (χ0) is 22.5. The quantitative estimate of drug-likeness (QED) is 0.687. The zero-order valence-electron chi connectivity index (χ0n) is 15.6. The van der Waals surface area contributed by atoms with Gasteiger partial charge in [0.15, 0.2) is 6.61 Å². The van der Waals surface area contributed by atoms with Crippen molar-refractivity contribution in [1.82, 2.24) is 4.90 Å². The lowest BCUT2D eigenvalue weighted by molar-refractivity contribution is -0.137. The van der Waals surface area contributed by atoms with Crippen LogP contribution in [0.4, 0.5) is 18.9 Å². The van der Waals surface area contributed by atoms with Crippen molar-refractivity contribution >= 4 is 35.0 Å². The minimum Gasteiger partial charge on any atom is -0.484 e. The van der Waals surface area contributed by atoms with Crippen molar-refractivity contribution in [3.63, 3.8) is 0 Å². The van der Waals surface area contributed by atoms with Crippen molar-refractivity contribution in [2.75, 3.05) is 25.5 Å². The van der Waals surface area contributed by atoms with Gasteiger partial charge in [-0.15, -0.1) is 0 Å². The van der Waals surface area contributed by atoms with E-state index in [4.69, 9.17) is 22.1 Å². The molecule has 0 aromatic heterocycles. The Morgan fingerprint density at radius 3 is 2.33 bits per heavy atom. The zero-order valence-corrected chi connectivity index (χ0v) is 16.4. The minimum absolute atomic E-state index is 0.103. The Balaban J connectivity index is 1.98. The van der Waals surface area contributed by atoms with Crippen molar-refractivity contribution in [3.05, 3.63) is 58.6 Å². The van der Waals surface area contributed by atoms with Gasteiger partial charge < -0.3 is 20.7 Å². The number of hydrogen-bond acceptors (Lipinski definition) is 4. The molecule has 7 nitrogen and oxygen atoms in total. The molecule has 0 fully saturated rings. The van der Waals surface area contributed by atoms with E-state index in [9.17, 15) is 27.6 Å². The lowest BCUT2D eigenvalue weighted by Gasteiger charge is -2.17. The van der Waals surface area contributed by atoms with E-state index in [0.717, 1.165) is 11.0 Å². The van der Waals surface area contributed by atoms with Gasteiger partial charge in [0.05, 0.1) is 17.1 Å². The Kier molecular flexibility index (Phi) is 7.28. The molecule has 0 bridgehead atoms. The summed E-state index contributed by atoms with van der Waals surface area (Å²) in [7, 11) is 1.36. The summed E-state index contributed by atoms with van der Waals surface area (Å²) >= 11 is 5.54. The summed E-state index contributed by atoms with van der Waals surface area (Å²) < 4.78 is 43.8. The number of benzene rings is 2. The van der Waals surface area contributed by atoms with Crippen LogP contribution in [0, 0.1) is 0 Å². The number of rotatable bonds is 7. The molecule has 0 aliphatic carbocycles. The lowest BCUT2D eigenvalue weighted by Crippen LogP contribution is -2.35. The highest BCUT2D eigenvalue weighted by Crippen LogP contribution is 2.36. The number of likely N-dealkylation sites (N-methyl/N-ethyl adjacent to an activating group) is 1. The van der Waals surface area contributed by atoms with E-state index >= 15 is 0 Å². The fraction of sp³-hybridized carbons (Fsp3) is 0.211. The Bertz CT molecular complexity index is 949. The third-order valence-electron chi connectivity index (χ3n) is 3.77. The molecule has 2 aromatic rings. The number of amides is 3. The fourth-order valence-corrected chi connectivity index (χ4v) is 2.60. The van der Waals surface area contributed by atoms with Crippen LogP contribution in [0.2, 0.25) is 5.02 Å². The molecule has 30 heavy (non-hydrogen) atoms. The Labute approximate surface area is 174 Å². The third-order valence-corrected chi connectivity index (χ3v) is 4.09. The van der Waals surface area contributed by atoms with Gasteiger partial charge in [-0.1, -0.05) is 11.6 Å². The highest BCUT2D eigenvalue weighted by atomic mass is 35.5. The van der Waals surface area contributed by atoms with Crippen molar-refractivity contribution in [3.8, 4) is 5.75 Å². The number of hydrogen-bond donors (Lipinski definition) is 2. The maximum atomic E-state index is 12.9. The molecule has 11 heteroatoms. The largest absolute Gasteiger partial charge is 0.484 e. The minimum atomic E-state index is -4.67. The second-order valence-electron chi connectivity index (χ2n) is 6.18. The average Bonchev–Trinajstić information content (AvgIpc) is 2.66. The third kappa shape index (κ3) is 6.38. The molecule has 0 aliphatic heterocycles. The van der Waals surface area contributed by atoms with Gasteiger partial charge in [-0.25, -0.2) is 0 Å². The van der Waals surface area contributed by atoms with Crippen LogP contribution in [-0.4, -0.2) is 42.8 Å². The molecule has 160 valence electrons. The van der Waals surface area contributed by atoms with Gasteiger partial charge in [0.1, 0.15) is 5.75 Å². The van der Waals surface area contributed by atoms with Crippen LogP contribution in [-0.2, 0) is 15.8 Å². The van der Waals surface area contributed by atoms with E-state index in [2.05, 4.69) is 5.32 Å². The van der Waals surface area contributed by atoms with Gasteiger partial charge in [-0.2, -0.15) is 13.2 Å². The van der Waals surface area contributed by atoms with Gasteiger partial charge in [-0.05, 0) is 42.5 Å². The molecular formula is C19H17ClF3N3O4. The molecule has 0 atom stereocenters. The molecule has 0 unspecified atom stereocenters. The second-order valence-corrected chi connectivity index (χ2v) is 6.59. The maximum Gasteiger partial charge on any atom is 0.417 e. The molecule has 3 N–H and O–H groups in total. The molecule has 0 saturated carbocycles. The van der Waals surface area contributed by atoms with Crippen LogP contribution in [0.15, 0.2) is 42.5 Å². The summed E-state index contributed by atoms with van der Waals surface area (Å²) in [5, 5.41) is 1.81. The van der Waals surface area contributed by atoms with Crippen LogP contribution in [0.5, 0.6) is 5.75 Å². The molecule has 0 aliphatic rings. The molecule has 3 amide bonds. The van der Waals surface area contributed by atoms with E-state index < -0.39 is 41.0 Å². The van der Waals surface area contributed by atoms with Crippen LogP contribution < -0.4 is 15.8 Å². The number of anilines is 1. The van der Waals surface area contributed by atoms with Crippen molar-refractivity contribution in [2.45, 2.75) is 6.18 Å². The summed E-state index contributed by atoms with van der Waals surface area (Å²) in [6, 6.07) is 8.74. The lowest BCUT2D eigenvalue weighted by atomic mass is 10.2. The number of halogens is 4. The molecule has 0 spiro atoms. The topological polar surface area (TPSA) is 102 Å². The monoisotopic (exact) mass is 443 g/mol. The Morgan fingerprint density at radius 2 is 1.77 bits per heavy atom. The predicted octanol–water partition coefficient (Wildman–Crippen LogP) is 2.93. The van der Waals surface area contributed by atoms with E-state index in [0.29, 0.717) is 11.8 Å². The van der Waals surface area contributed by atoms with E-state index in [1.54, 1.807) is 0 Å². The average molecular weight is 444 g/mol. The number of carbonyl (C=O) groups is 3. The summed E-state index contributed by atoms with van der Waals surface area (Å²) in [5.41, 5.74) is 4.03. The van der Waals surface area contributed by atoms with Gasteiger partial charge in [-0.3, -0.25) is 14.4 Å². The number of nitrogens with one attached hydrogen (secondary N) is 1. The SMILES string of the molecule is CN(CC(=O)Nc1ccc(Cl)c(C(F)(F)F)c1)C(=O)c1ccc(OCC(N)=O)cc1. The molecule has 0 radical (unpaired) electrons. The molecule has 0 saturated heterocycles. The Hall–Kier alpha value is -3.27. The highest BCUT2D eigenvalue weighted by Gasteiger charge is 2.33. The van der Waals surface area contributed by atoms with Crippen LogP contribution in [0.25, 0.3) is 0 Å². The summed E-state index contributed by atoms with van der Waals surface area (Å²) in [6.45, 7) is -0.711. The van der Waals surface area contributed by atoms with Crippen molar-refractivity contribution < 1.29 is 32.3 Å². The first-order valence-electron chi connectivity index (χ1n) is 8.40. The van der Waals surface area contributed by atoms with Crippen LogP contribution >= 0.6 is 11.6 Å². The number of ether oxygens (including phenoxy) is 1. The maximum absolute atomic E-state index is 12.9. The number of nitrogens with zero attached hydrogens (tertiary/aromatic N) is 1. The van der Waals surface area contributed by atoms with E-state index in [1.165, 1.54) is 37.4 Å². The van der Waals surface area contributed by atoms with E-state index in [-0.39, 0.29) is 17.9 Å². The molecule has 2 rings (SSSR count). The number of nitrogens with two attached hydrogens (primary N) is 1. The number of carbonyl (C=O) groups excluding carboxylic acids is 3. The smallest absolute Gasteiger partial charge is 0.417 e. The first-order valence-corrected chi connectivity index (χ1v) is 8.78. The predicted molar refractivity (Wildman–Crippen MR) is 103 cm³/mol. The molecule has 2 aromatic carbocycles. The molecular weight excluding hydrogens is 427 g/mol. The van der Waals surface area contributed by atoms with Gasteiger partial charge in [0, 0.05) is 18.3 Å². The van der Waals surface area contributed by atoms with Crippen LogP contribution in [0.3, 0.4) is 0 Å². The summed E-state index contributed by atoms with van der Waals surface area (Å²) in [6.07, 6.45) is -4.67. The Morgan fingerprint density at radius 1 is 1.13 bits per heavy atom. The van der Waals surface area contributed by atoms with Crippen molar-refractivity contribution in [2.24, 2.45) is 5.73 Å². The van der Waals surface area contributed by atoms with Gasteiger partial charge in [0.25, 0.3) is 11.8 Å². The number of primary amides is 1. The van der Waals surface area contributed by atoms with Crippen LogP contribution in [0.1, 0.15) is 15.9 Å². The number of alkyl halides is 3. The standard InChI is InChI=1S/C19H17ClF3N3O4/c1-26(18(29)11-2-5-13(6-3-11)30-10-16(24)27)9-17(28)25-12-4-7-15(20)14(8-12)19(21,22)23/h2-8H,9-10H2,1H3,(H2,24,27)(H,25,28). The normalized spacial score (nSPS) is 11.0. The summed E-state index contributed by atoms with van der Waals surface area (Å²) in [5.74, 6) is -1.51. The molecule has 0 heterocycles. The summed E-state index contributed by atoms with van der Waals surface area (Å²) in [4.78, 5) is 36.3. The van der Waals surface area contributed by atoms with Gasteiger partial charge >= 0.3 is 6.18 Å². The van der Waals surface area contributed by atoms with E-state index in [1.807, 2.05) is 0 Å². The first-order chi connectivity index (χ1) is 14.0. The van der Waals surface area contributed by atoms with Crippen molar-refractivity contribution in [1.29, 1.82) is 0 Å².